The zero-order valence-electron chi connectivity index (χ0n) is 17.4. The number of carbonyl (C=O) groups is 3. The largest absolute Gasteiger partial charge is 0.458 e. The maximum atomic E-state index is 12.4. The van der Waals surface area contributed by atoms with Gasteiger partial charge in [0.2, 0.25) is 0 Å². The minimum atomic E-state index is -1.40. The van der Waals surface area contributed by atoms with Gasteiger partial charge in [0.05, 0.1) is 11.5 Å². The van der Waals surface area contributed by atoms with E-state index in [1.807, 2.05) is 0 Å². The molecule has 1 aliphatic carbocycles. The summed E-state index contributed by atoms with van der Waals surface area (Å²) < 4.78 is 16.4. The fraction of sp³-hybridized carbons (Fsp3) is 0.500. The monoisotopic (exact) mass is 404 g/mol. The van der Waals surface area contributed by atoms with Crippen molar-refractivity contribution in [2.24, 2.45) is 5.92 Å². The third-order valence-corrected chi connectivity index (χ3v) is 5.09. The molecule has 0 aromatic heterocycles. The highest BCUT2D eigenvalue weighted by Crippen LogP contribution is 2.37. The standard InChI is InChI=1S/C22H28O7/c1-7-12(2)20(24)29-18-11-22(6,26)9-8-16(27-15(5)23)13(3)10-17-19(18)14(4)21(25)28-17/h7-10,16-19,26H,4,11H2,1-3,5-6H3/b9-8+,12-7-,13-10-/t16-,17+,18-,19-,22-/m0/s1. The molecule has 1 fully saturated rings. The van der Waals surface area contributed by atoms with E-state index in [1.165, 1.54) is 13.0 Å². The molecule has 0 aromatic carbocycles. The Labute approximate surface area is 170 Å². The normalized spacial score (nSPS) is 35.7. The lowest BCUT2D eigenvalue weighted by Gasteiger charge is -2.32. The zero-order chi connectivity index (χ0) is 21.9. The van der Waals surface area contributed by atoms with Crippen LogP contribution in [0.25, 0.3) is 0 Å². The Hall–Kier alpha value is -2.67. The molecule has 0 radical (unpaired) electrons. The first-order valence-corrected chi connectivity index (χ1v) is 9.46. The fourth-order valence-electron chi connectivity index (χ4n) is 3.36. The van der Waals surface area contributed by atoms with E-state index in [4.69, 9.17) is 14.2 Å². The number of carbonyl (C=O) groups excluding carboxylic acids is 3. The smallest absolute Gasteiger partial charge is 0.334 e. The molecule has 0 unspecified atom stereocenters. The molecule has 2 rings (SSSR count). The van der Waals surface area contributed by atoms with Crippen LogP contribution in [0.5, 0.6) is 0 Å². The van der Waals surface area contributed by atoms with Crippen LogP contribution in [0.1, 0.15) is 41.0 Å². The van der Waals surface area contributed by atoms with Gasteiger partial charge in [-0.2, -0.15) is 0 Å². The highest BCUT2D eigenvalue weighted by molar-refractivity contribution is 5.92. The van der Waals surface area contributed by atoms with Crippen molar-refractivity contribution in [2.75, 3.05) is 0 Å². The molecule has 2 aliphatic rings. The molecular weight excluding hydrogens is 376 g/mol. The van der Waals surface area contributed by atoms with Crippen LogP contribution >= 0.6 is 0 Å². The SMILES string of the molecule is C=C1C(=O)O[C@@H]2/C=C(/C)[C@@H](OC(C)=O)/C=C/[C@](C)(O)C[C@H](OC(=O)/C(C)=C\C)[C@@H]12. The number of hydrogen-bond donors (Lipinski definition) is 1. The molecule has 0 amide bonds. The fourth-order valence-corrected chi connectivity index (χ4v) is 3.36. The molecule has 1 saturated heterocycles. The summed E-state index contributed by atoms with van der Waals surface area (Å²) in [7, 11) is 0. The molecule has 158 valence electrons. The molecule has 0 spiro atoms. The van der Waals surface area contributed by atoms with Crippen LogP contribution in [-0.2, 0) is 28.6 Å². The van der Waals surface area contributed by atoms with Gasteiger partial charge < -0.3 is 19.3 Å². The van der Waals surface area contributed by atoms with Crippen LogP contribution in [-0.4, -0.2) is 46.9 Å². The quantitative estimate of drug-likeness (QED) is 0.334. The third kappa shape index (κ3) is 5.44. The average molecular weight is 404 g/mol. The summed E-state index contributed by atoms with van der Waals surface area (Å²) in [5.41, 5.74) is -0.214. The van der Waals surface area contributed by atoms with Crippen LogP contribution in [0, 0.1) is 5.92 Å². The van der Waals surface area contributed by atoms with Gasteiger partial charge in [-0.1, -0.05) is 18.7 Å². The van der Waals surface area contributed by atoms with Gasteiger partial charge in [-0.05, 0) is 45.4 Å². The summed E-state index contributed by atoms with van der Waals surface area (Å²) in [5.74, 6) is -2.30. The molecule has 1 aliphatic heterocycles. The number of aliphatic hydroxyl groups is 1. The molecule has 0 bridgehead atoms. The van der Waals surface area contributed by atoms with E-state index in [0.717, 1.165) is 0 Å². The van der Waals surface area contributed by atoms with E-state index >= 15 is 0 Å². The zero-order valence-corrected chi connectivity index (χ0v) is 17.4. The number of ether oxygens (including phenoxy) is 3. The van der Waals surface area contributed by atoms with Gasteiger partial charge in [0.25, 0.3) is 0 Å². The summed E-state index contributed by atoms with van der Waals surface area (Å²) in [5, 5.41) is 10.9. The predicted molar refractivity (Wildman–Crippen MR) is 106 cm³/mol. The molecule has 7 nitrogen and oxygen atoms in total. The van der Waals surface area contributed by atoms with E-state index in [2.05, 4.69) is 6.58 Å². The summed E-state index contributed by atoms with van der Waals surface area (Å²) in [6, 6.07) is 0. The Kier molecular flexibility index (Phi) is 6.85. The summed E-state index contributed by atoms with van der Waals surface area (Å²) >= 11 is 0. The second-order valence-corrected chi connectivity index (χ2v) is 7.70. The maximum Gasteiger partial charge on any atom is 0.334 e. The first-order chi connectivity index (χ1) is 13.4. The van der Waals surface area contributed by atoms with Crippen molar-refractivity contribution in [2.45, 2.75) is 65.0 Å². The van der Waals surface area contributed by atoms with Crippen LogP contribution in [0.2, 0.25) is 0 Å². The Morgan fingerprint density at radius 1 is 1.34 bits per heavy atom. The average Bonchev–Trinajstić information content (AvgIpc) is 2.89. The second kappa shape index (κ2) is 8.78. The Morgan fingerprint density at radius 3 is 2.59 bits per heavy atom. The van der Waals surface area contributed by atoms with Gasteiger partial charge in [-0.3, -0.25) is 4.79 Å². The van der Waals surface area contributed by atoms with Crippen LogP contribution < -0.4 is 0 Å². The maximum absolute atomic E-state index is 12.4. The van der Waals surface area contributed by atoms with Gasteiger partial charge in [0.15, 0.2) is 0 Å². The highest BCUT2D eigenvalue weighted by atomic mass is 16.6. The van der Waals surface area contributed by atoms with Gasteiger partial charge in [0, 0.05) is 24.5 Å². The number of fused-ring (bicyclic) bond motifs is 1. The Bertz CT molecular complexity index is 800. The third-order valence-electron chi connectivity index (χ3n) is 5.09. The lowest BCUT2D eigenvalue weighted by atomic mass is 9.82. The molecule has 7 heteroatoms. The van der Waals surface area contributed by atoms with Gasteiger partial charge in [0.1, 0.15) is 18.3 Å². The lowest BCUT2D eigenvalue weighted by Crippen LogP contribution is -2.40. The second-order valence-electron chi connectivity index (χ2n) is 7.70. The van der Waals surface area contributed by atoms with Crippen LogP contribution in [0.3, 0.4) is 0 Å². The number of allylic oxidation sites excluding steroid dienone is 1. The first kappa shape index (κ1) is 22.6. The van der Waals surface area contributed by atoms with E-state index in [0.29, 0.717) is 11.1 Å². The van der Waals surface area contributed by atoms with Crippen molar-refractivity contribution in [1.29, 1.82) is 0 Å². The van der Waals surface area contributed by atoms with Crippen molar-refractivity contribution in [3.05, 3.63) is 47.6 Å². The molecule has 29 heavy (non-hydrogen) atoms. The van der Waals surface area contributed by atoms with Gasteiger partial charge in [-0.25, -0.2) is 9.59 Å². The van der Waals surface area contributed by atoms with Crippen LogP contribution in [0.4, 0.5) is 0 Å². The highest BCUT2D eigenvalue weighted by Gasteiger charge is 2.46. The first-order valence-electron chi connectivity index (χ1n) is 9.46. The molecule has 5 atom stereocenters. The Balaban J connectivity index is 2.51. The topological polar surface area (TPSA) is 99.1 Å². The number of esters is 3. The van der Waals surface area contributed by atoms with Crippen molar-refractivity contribution in [1.82, 2.24) is 0 Å². The number of hydrogen-bond acceptors (Lipinski definition) is 7. The lowest BCUT2D eigenvalue weighted by molar-refractivity contribution is -0.150. The summed E-state index contributed by atoms with van der Waals surface area (Å²) in [4.78, 5) is 36.1. The van der Waals surface area contributed by atoms with E-state index < -0.39 is 47.7 Å². The van der Waals surface area contributed by atoms with E-state index in [1.54, 1.807) is 45.9 Å². The van der Waals surface area contributed by atoms with E-state index in [-0.39, 0.29) is 12.0 Å². The molecule has 0 aromatic rings. The molecular formula is C22H28O7. The minimum Gasteiger partial charge on any atom is -0.458 e. The van der Waals surface area contributed by atoms with Crippen molar-refractivity contribution in [3.63, 3.8) is 0 Å². The predicted octanol–water partition coefficient (Wildman–Crippen LogP) is 2.55. The summed E-state index contributed by atoms with van der Waals surface area (Å²) in [6.45, 7) is 11.7. The molecule has 1 N–H and O–H groups in total. The number of rotatable bonds is 3. The van der Waals surface area contributed by atoms with Gasteiger partial charge in [-0.15, -0.1) is 0 Å². The molecule has 1 heterocycles. The Morgan fingerprint density at radius 2 is 2.00 bits per heavy atom. The summed E-state index contributed by atoms with van der Waals surface area (Å²) in [6.07, 6.45) is 4.02. The minimum absolute atomic E-state index is 0.00272. The van der Waals surface area contributed by atoms with Crippen molar-refractivity contribution >= 4 is 17.9 Å². The van der Waals surface area contributed by atoms with Crippen LogP contribution in [0.15, 0.2) is 47.6 Å². The van der Waals surface area contributed by atoms with Crippen molar-refractivity contribution < 1.29 is 33.7 Å². The van der Waals surface area contributed by atoms with E-state index in [9.17, 15) is 19.5 Å². The van der Waals surface area contributed by atoms with Crippen molar-refractivity contribution in [3.8, 4) is 0 Å². The van der Waals surface area contributed by atoms with Gasteiger partial charge >= 0.3 is 17.9 Å². The molecule has 0 saturated carbocycles.